The average Bonchev–Trinajstić information content (AvgIpc) is 2.86. The van der Waals surface area contributed by atoms with Crippen LogP contribution < -0.4 is 14.8 Å². The van der Waals surface area contributed by atoms with Crippen LogP contribution in [0.4, 0.5) is 5.69 Å². The van der Waals surface area contributed by atoms with Crippen LogP contribution in [0.3, 0.4) is 0 Å². The molecule has 1 fully saturated rings. The smallest absolute Gasteiger partial charge is 0.237 e. The van der Waals surface area contributed by atoms with Crippen molar-refractivity contribution in [3.8, 4) is 5.75 Å². The topological polar surface area (TPSA) is 67.4 Å². The highest BCUT2D eigenvalue weighted by Crippen LogP contribution is 2.26. The molecule has 100 valence electrons. The van der Waals surface area contributed by atoms with Gasteiger partial charge in [-0.15, -0.1) is 0 Å². The van der Waals surface area contributed by atoms with E-state index in [0.717, 1.165) is 6.54 Å². The fraction of sp³-hybridized carbons (Fsp3) is 0.500. The summed E-state index contributed by atoms with van der Waals surface area (Å²) in [5, 5.41) is 2.69. The Labute approximate surface area is 108 Å². The first kappa shape index (κ1) is 13.2. The van der Waals surface area contributed by atoms with Gasteiger partial charge in [0.1, 0.15) is 5.75 Å². The van der Waals surface area contributed by atoms with Gasteiger partial charge in [-0.05, 0) is 32.0 Å². The zero-order valence-electron chi connectivity index (χ0n) is 10.3. The van der Waals surface area contributed by atoms with Gasteiger partial charge in [0, 0.05) is 6.54 Å². The van der Waals surface area contributed by atoms with E-state index in [1.54, 1.807) is 18.2 Å². The summed E-state index contributed by atoms with van der Waals surface area (Å²) in [4.78, 5) is 0. The number of anilines is 1. The first-order chi connectivity index (χ1) is 8.63. The minimum Gasteiger partial charge on any atom is -0.492 e. The van der Waals surface area contributed by atoms with E-state index in [2.05, 4.69) is 10.0 Å². The number of para-hydroxylation sites is 2. The standard InChI is InChI=1S/C12H18N2O3S/c1-2-17-12-6-4-3-5-11(12)14-18(15,16)10-7-8-13-9-10/h3-6,10,13-14H,2,7-9H2,1H3. The molecule has 18 heavy (non-hydrogen) atoms. The largest absolute Gasteiger partial charge is 0.492 e. The van der Waals surface area contributed by atoms with Crippen LogP contribution in [0, 0.1) is 0 Å². The van der Waals surface area contributed by atoms with E-state index in [0.29, 0.717) is 31.0 Å². The fourth-order valence-electron chi connectivity index (χ4n) is 1.96. The van der Waals surface area contributed by atoms with E-state index in [4.69, 9.17) is 4.74 Å². The maximum Gasteiger partial charge on any atom is 0.237 e. The molecule has 0 bridgehead atoms. The molecule has 0 aromatic heterocycles. The summed E-state index contributed by atoms with van der Waals surface area (Å²) in [6, 6.07) is 7.08. The van der Waals surface area contributed by atoms with Crippen molar-refractivity contribution in [3.05, 3.63) is 24.3 Å². The van der Waals surface area contributed by atoms with Gasteiger partial charge in [-0.25, -0.2) is 8.42 Å². The summed E-state index contributed by atoms with van der Waals surface area (Å²) in [5.74, 6) is 0.564. The summed E-state index contributed by atoms with van der Waals surface area (Å²) >= 11 is 0. The lowest BCUT2D eigenvalue weighted by molar-refractivity contribution is 0.342. The van der Waals surface area contributed by atoms with Gasteiger partial charge >= 0.3 is 0 Å². The van der Waals surface area contributed by atoms with E-state index in [1.807, 2.05) is 13.0 Å². The number of ether oxygens (including phenoxy) is 1. The second-order valence-corrected chi connectivity index (χ2v) is 6.15. The van der Waals surface area contributed by atoms with Crippen LogP contribution in [-0.4, -0.2) is 33.4 Å². The summed E-state index contributed by atoms with van der Waals surface area (Å²) < 4.78 is 32.3. The highest BCUT2D eigenvalue weighted by atomic mass is 32.2. The Bertz CT molecular complexity index is 496. The van der Waals surface area contributed by atoms with Crippen LogP contribution in [-0.2, 0) is 10.0 Å². The van der Waals surface area contributed by atoms with Gasteiger partial charge in [0.2, 0.25) is 10.0 Å². The van der Waals surface area contributed by atoms with Gasteiger partial charge in [0.25, 0.3) is 0 Å². The normalized spacial score (nSPS) is 19.7. The molecule has 2 rings (SSSR count). The minimum atomic E-state index is -3.35. The molecule has 1 atom stereocenters. The van der Waals surface area contributed by atoms with Gasteiger partial charge < -0.3 is 10.1 Å². The van der Waals surface area contributed by atoms with Crippen LogP contribution >= 0.6 is 0 Å². The fourth-order valence-corrected chi connectivity index (χ4v) is 3.37. The average molecular weight is 270 g/mol. The Kier molecular flexibility index (Phi) is 4.08. The van der Waals surface area contributed by atoms with Crippen LogP contribution in [0.5, 0.6) is 5.75 Å². The van der Waals surface area contributed by atoms with Crippen molar-refractivity contribution < 1.29 is 13.2 Å². The number of benzene rings is 1. The predicted octanol–water partition coefficient (Wildman–Crippen LogP) is 1.19. The second-order valence-electron chi connectivity index (χ2n) is 4.19. The van der Waals surface area contributed by atoms with Crippen LogP contribution in [0.2, 0.25) is 0 Å². The Hall–Kier alpha value is -1.27. The molecule has 1 saturated heterocycles. The molecule has 6 heteroatoms. The summed E-state index contributed by atoms with van der Waals surface area (Å²) in [7, 11) is -3.35. The molecule has 1 aliphatic rings. The lowest BCUT2D eigenvalue weighted by Crippen LogP contribution is -2.29. The molecule has 1 aromatic rings. The Morgan fingerprint density at radius 2 is 2.22 bits per heavy atom. The lowest BCUT2D eigenvalue weighted by atomic mass is 10.3. The van der Waals surface area contributed by atoms with Gasteiger partial charge in [-0.2, -0.15) is 0 Å². The molecule has 1 unspecified atom stereocenters. The maximum atomic E-state index is 12.2. The van der Waals surface area contributed by atoms with Crippen LogP contribution in [0.1, 0.15) is 13.3 Å². The number of hydrogen-bond acceptors (Lipinski definition) is 4. The Morgan fingerprint density at radius 3 is 2.89 bits per heavy atom. The monoisotopic (exact) mass is 270 g/mol. The van der Waals surface area contributed by atoms with Crippen molar-refractivity contribution in [2.75, 3.05) is 24.4 Å². The summed E-state index contributed by atoms with van der Waals surface area (Å²) in [5.41, 5.74) is 0.506. The predicted molar refractivity (Wildman–Crippen MR) is 71.4 cm³/mol. The molecule has 5 nitrogen and oxygen atoms in total. The third-order valence-electron chi connectivity index (χ3n) is 2.89. The molecule has 1 aliphatic heterocycles. The SMILES string of the molecule is CCOc1ccccc1NS(=O)(=O)C1CCNC1. The molecule has 0 spiro atoms. The number of rotatable bonds is 5. The number of hydrogen-bond donors (Lipinski definition) is 2. The highest BCUT2D eigenvalue weighted by molar-refractivity contribution is 7.93. The molecule has 2 N–H and O–H groups in total. The quantitative estimate of drug-likeness (QED) is 0.843. The van der Waals surface area contributed by atoms with Crippen molar-refractivity contribution >= 4 is 15.7 Å². The van der Waals surface area contributed by atoms with Gasteiger partial charge in [0.05, 0.1) is 17.5 Å². The summed E-state index contributed by atoms with van der Waals surface area (Å²) in [6.45, 7) is 3.63. The lowest BCUT2D eigenvalue weighted by Gasteiger charge is -2.15. The summed E-state index contributed by atoms with van der Waals surface area (Å²) in [6.07, 6.45) is 0.645. The first-order valence-electron chi connectivity index (χ1n) is 6.07. The zero-order valence-corrected chi connectivity index (χ0v) is 11.2. The van der Waals surface area contributed by atoms with E-state index < -0.39 is 10.0 Å². The molecule has 0 aliphatic carbocycles. The van der Waals surface area contributed by atoms with Crippen molar-refractivity contribution in [3.63, 3.8) is 0 Å². The molecule has 0 radical (unpaired) electrons. The minimum absolute atomic E-state index is 0.368. The molecular formula is C12H18N2O3S. The van der Waals surface area contributed by atoms with Crippen molar-refractivity contribution in [2.24, 2.45) is 0 Å². The molecule has 1 aromatic carbocycles. The molecular weight excluding hydrogens is 252 g/mol. The highest BCUT2D eigenvalue weighted by Gasteiger charge is 2.29. The van der Waals surface area contributed by atoms with E-state index in [1.165, 1.54) is 0 Å². The van der Waals surface area contributed by atoms with E-state index in [9.17, 15) is 8.42 Å². The Morgan fingerprint density at radius 1 is 1.44 bits per heavy atom. The molecule has 1 heterocycles. The van der Waals surface area contributed by atoms with Gasteiger partial charge in [0.15, 0.2) is 0 Å². The zero-order chi connectivity index (χ0) is 13.0. The van der Waals surface area contributed by atoms with Crippen molar-refractivity contribution in [1.82, 2.24) is 5.32 Å². The molecule has 0 amide bonds. The van der Waals surface area contributed by atoms with Gasteiger partial charge in [-0.3, -0.25) is 4.72 Å². The van der Waals surface area contributed by atoms with E-state index in [-0.39, 0.29) is 5.25 Å². The van der Waals surface area contributed by atoms with Crippen molar-refractivity contribution in [1.29, 1.82) is 0 Å². The molecule has 0 saturated carbocycles. The Balaban J connectivity index is 2.17. The van der Waals surface area contributed by atoms with Crippen LogP contribution in [0.25, 0.3) is 0 Å². The second kappa shape index (κ2) is 5.58. The van der Waals surface area contributed by atoms with E-state index >= 15 is 0 Å². The number of nitrogens with one attached hydrogen (secondary N) is 2. The van der Waals surface area contributed by atoms with Crippen LogP contribution in [0.15, 0.2) is 24.3 Å². The third-order valence-corrected chi connectivity index (χ3v) is 4.68. The van der Waals surface area contributed by atoms with Gasteiger partial charge in [-0.1, -0.05) is 12.1 Å². The maximum absolute atomic E-state index is 12.2. The third kappa shape index (κ3) is 2.94. The van der Waals surface area contributed by atoms with Crippen molar-refractivity contribution in [2.45, 2.75) is 18.6 Å². The number of sulfonamides is 1. The first-order valence-corrected chi connectivity index (χ1v) is 7.62.